The fourth-order valence-electron chi connectivity index (χ4n) is 1.63. The molecule has 0 aliphatic carbocycles. The minimum Gasteiger partial charge on any atom is -0.386 e. The summed E-state index contributed by atoms with van der Waals surface area (Å²) in [6.07, 6.45) is 0.329. The fraction of sp³-hybridized carbons (Fsp3) is 0.462. The van der Waals surface area contributed by atoms with Crippen LogP contribution in [0.4, 0.5) is 4.39 Å². The molecule has 0 saturated heterocycles. The molecule has 0 heterocycles. The Balaban J connectivity index is 2.49. The van der Waals surface area contributed by atoms with Gasteiger partial charge in [0.15, 0.2) is 0 Å². The first-order chi connectivity index (χ1) is 8.56. The lowest BCUT2D eigenvalue weighted by Gasteiger charge is -2.15. The van der Waals surface area contributed by atoms with Crippen LogP contribution >= 0.6 is 0 Å². The van der Waals surface area contributed by atoms with Gasteiger partial charge < -0.3 is 16.2 Å². The molecule has 1 rings (SSSR count). The van der Waals surface area contributed by atoms with Gasteiger partial charge in [-0.1, -0.05) is 31.5 Å². The summed E-state index contributed by atoms with van der Waals surface area (Å²) in [6.45, 7) is 1.89. The van der Waals surface area contributed by atoms with Gasteiger partial charge in [0.25, 0.3) is 0 Å². The molecule has 18 heavy (non-hydrogen) atoms. The molecule has 100 valence electrons. The van der Waals surface area contributed by atoms with Crippen LogP contribution in [0.1, 0.15) is 31.4 Å². The van der Waals surface area contributed by atoms with Crippen LogP contribution in [-0.4, -0.2) is 23.6 Å². The predicted octanol–water partition coefficient (Wildman–Crippen LogP) is 1.10. The van der Waals surface area contributed by atoms with Crippen molar-refractivity contribution in [3.63, 3.8) is 0 Å². The van der Waals surface area contributed by atoms with E-state index >= 15 is 0 Å². The summed E-state index contributed by atoms with van der Waals surface area (Å²) in [7, 11) is 0. The van der Waals surface area contributed by atoms with E-state index in [1.54, 1.807) is 12.1 Å². The standard InChI is InChI=1S/C13H19FN2O2/c1-2-5-11(15)13(18)16-8-12(17)9-6-3-4-7-10(9)14/h3-4,6-7,11-12,17H,2,5,8,15H2,1H3,(H,16,18). The molecular formula is C13H19FN2O2. The number of halogens is 1. The number of nitrogens with one attached hydrogen (secondary N) is 1. The van der Waals surface area contributed by atoms with E-state index in [1.165, 1.54) is 12.1 Å². The first-order valence-corrected chi connectivity index (χ1v) is 6.02. The van der Waals surface area contributed by atoms with Crippen molar-refractivity contribution >= 4 is 5.91 Å². The highest BCUT2D eigenvalue weighted by atomic mass is 19.1. The molecule has 1 aromatic rings. The maximum Gasteiger partial charge on any atom is 0.237 e. The van der Waals surface area contributed by atoms with Crippen LogP contribution in [0.3, 0.4) is 0 Å². The normalized spacial score (nSPS) is 14.0. The van der Waals surface area contributed by atoms with Gasteiger partial charge >= 0.3 is 0 Å². The van der Waals surface area contributed by atoms with E-state index in [9.17, 15) is 14.3 Å². The topological polar surface area (TPSA) is 75.4 Å². The Morgan fingerprint density at radius 1 is 1.50 bits per heavy atom. The van der Waals surface area contributed by atoms with Crippen LogP contribution in [-0.2, 0) is 4.79 Å². The van der Waals surface area contributed by atoms with Crippen LogP contribution < -0.4 is 11.1 Å². The van der Waals surface area contributed by atoms with Crippen molar-refractivity contribution in [1.82, 2.24) is 5.32 Å². The van der Waals surface area contributed by atoms with E-state index in [0.717, 1.165) is 6.42 Å². The number of nitrogens with two attached hydrogens (primary N) is 1. The van der Waals surface area contributed by atoms with Gasteiger partial charge in [0.1, 0.15) is 5.82 Å². The molecule has 0 aromatic heterocycles. The summed E-state index contributed by atoms with van der Waals surface area (Å²) >= 11 is 0. The zero-order valence-corrected chi connectivity index (χ0v) is 10.4. The second-order valence-electron chi connectivity index (χ2n) is 4.18. The molecule has 5 heteroatoms. The molecule has 0 aliphatic rings. The van der Waals surface area contributed by atoms with Crippen LogP contribution in [0.2, 0.25) is 0 Å². The lowest BCUT2D eigenvalue weighted by atomic mass is 10.1. The van der Waals surface area contributed by atoms with E-state index in [2.05, 4.69) is 5.32 Å². The Hall–Kier alpha value is -1.46. The molecule has 4 nitrogen and oxygen atoms in total. The van der Waals surface area contributed by atoms with E-state index < -0.39 is 18.0 Å². The van der Waals surface area contributed by atoms with Crippen LogP contribution in [0.5, 0.6) is 0 Å². The predicted molar refractivity (Wildman–Crippen MR) is 67.3 cm³/mol. The summed E-state index contributed by atoms with van der Waals surface area (Å²) in [6, 6.07) is 5.34. The lowest BCUT2D eigenvalue weighted by molar-refractivity contribution is -0.123. The maximum absolute atomic E-state index is 13.3. The molecule has 0 bridgehead atoms. The van der Waals surface area contributed by atoms with Gasteiger partial charge in [-0.05, 0) is 12.5 Å². The number of aliphatic hydroxyl groups excluding tert-OH is 1. The molecule has 1 amide bonds. The largest absolute Gasteiger partial charge is 0.386 e. The quantitative estimate of drug-likeness (QED) is 0.711. The zero-order chi connectivity index (χ0) is 13.5. The van der Waals surface area contributed by atoms with Gasteiger partial charge in [0.2, 0.25) is 5.91 Å². The number of carbonyl (C=O) groups excluding carboxylic acids is 1. The van der Waals surface area contributed by atoms with Gasteiger partial charge in [-0.2, -0.15) is 0 Å². The van der Waals surface area contributed by atoms with Crippen molar-refractivity contribution in [3.8, 4) is 0 Å². The third-order valence-corrected chi connectivity index (χ3v) is 2.67. The molecule has 4 N–H and O–H groups in total. The highest BCUT2D eigenvalue weighted by molar-refractivity contribution is 5.81. The molecular weight excluding hydrogens is 235 g/mol. The number of carbonyl (C=O) groups is 1. The van der Waals surface area contributed by atoms with Gasteiger partial charge in [0, 0.05) is 12.1 Å². The smallest absolute Gasteiger partial charge is 0.237 e. The first-order valence-electron chi connectivity index (χ1n) is 6.02. The number of benzene rings is 1. The minimum atomic E-state index is -1.07. The molecule has 2 atom stereocenters. The fourth-order valence-corrected chi connectivity index (χ4v) is 1.63. The zero-order valence-electron chi connectivity index (χ0n) is 10.4. The number of hydrogen-bond acceptors (Lipinski definition) is 3. The van der Waals surface area contributed by atoms with Gasteiger partial charge in [-0.25, -0.2) is 4.39 Å². The van der Waals surface area contributed by atoms with Crippen molar-refractivity contribution in [2.75, 3.05) is 6.54 Å². The first kappa shape index (κ1) is 14.6. The van der Waals surface area contributed by atoms with E-state index in [4.69, 9.17) is 5.73 Å². The molecule has 2 unspecified atom stereocenters. The van der Waals surface area contributed by atoms with Crippen LogP contribution in [0.15, 0.2) is 24.3 Å². The number of aliphatic hydroxyl groups is 1. The average Bonchev–Trinajstić information content (AvgIpc) is 2.36. The van der Waals surface area contributed by atoms with Crippen molar-refractivity contribution < 1.29 is 14.3 Å². The van der Waals surface area contributed by atoms with Crippen molar-refractivity contribution in [2.24, 2.45) is 5.73 Å². The molecule has 1 aromatic carbocycles. The van der Waals surface area contributed by atoms with E-state index in [-0.39, 0.29) is 18.0 Å². The van der Waals surface area contributed by atoms with E-state index in [1.807, 2.05) is 6.92 Å². The molecule has 0 spiro atoms. The summed E-state index contributed by atoms with van der Waals surface area (Å²) in [5.74, 6) is -0.815. The monoisotopic (exact) mass is 254 g/mol. The second-order valence-corrected chi connectivity index (χ2v) is 4.18. The average molecular weight is 254 g/mol. The minimum absolute atomic E-state index is 0.0445. The van der Waals surface area contributed by atoms with Crippen LogP contribution in [0, 0.1) is 5.82 Å². The Bertz CT molecular complexity index is 398. The number of hydrogen-bond donors (Lipinski definition) is 3. The van der Waals surface area contributed by atoms with E-state index in [0.29, 0.717) is 6.42 Å². The Morgan fingerprint density at radius 2 is 2.17 bits per heavy atom. The summed E-state index contributed by atoms with van der Waals surface area (Å²) < 4.78 is 13.3. The van der Waals surface area contributed by atoms with Crippen molar-refractivity contribution in [2.45, 2.75) is 31.9 Å². The van der Waals surface area contributed by atoms with Gasteiger partial charge in [-0.3, -0.25) is 4.79 Å². The maximum atomic E-state index is 13.3. The highest BCUT2D eigenvalue weighted by Crippen LogP contribution is 2.15. The van der Waals surface area contributed by atoms with Crippen molar-refractivity contribution in [1.29, 1.82) is 0 Å². The van der Waals surface area contributed by atoms with Gasteiger partial charge in [-0.15, -0.1) is 0 Å². The second kappa shape index (κ2) is 7.08. The highest BCUT2D eigenvalue weighted by Gasteiger charge is 2.16. The number of amides is 1. The molecule has 0 saturated carbocycles. The van der Waals surface area contributed by atoms with Crippen molar-refractivity contribution in [3.05, 3.63) is 35.6 Å². The number of rotatable bonds is 6. The Labute approximate surface area is 106 Å². The SMILES string of the molecule is CCCC(N)C(=O)NCC(O)c1ccccc1F. The molecule has 0 aliphatic heterocycles. The van der Waals surface area contributed by atoms with Crippen LogP contribution in [0.25, 0.3) is 0 Å². The molecule has 0 radical (unpaired) electrons. The Kier molecular flexibility index (Phi) is 5.74. The summed E-state index contributed by atoms with van der Waals surface area (Å²) in [5, 5.41) is 12.3. The third-order valence-electron chi connectivity index (χ3n) is 2.67. The summed E-state index contributed by atoms with van der Waals surface area (Å²) in [4.78, 5) is 11.5. The lowest BCUT2D eigenvalue weighted by Crippen LogP contribution is -2.42. The summed E-state index contributed by atoms with van der Waals surface area (Å²) in [5.41, 5.74) is 5.78. The Morgan fingerprint density at radius 3 is 2.78 bits per heavy atom. The molecule has 0 fully saturated rings. The third kappa shape index (κ3) is 4.09. The van der Waals surface area contributed by atoms with Gasteiger partial charge in [0.05, 0.1) is 12.1 Å².